The predicted molar refractivity (Wildman–Crippen MR) is 74.8 cm³/mol. The second kappa shape index (κ2) is 5.67. The minimum Gasteiger partial charge on any atom is -0.325 e. The molecule has 0 bridgehead atoms. The minimum absolute atomic E-state index is 0.174. The molecule has 0 fully saturated rings. The summed E-state index contributed by atoms with van der Waals surface area (Å²) >= 11 is 1.64. The van der Waals surface area contributed by atoms with Gasteiger partial charge in [-0.05, 0) is 27.7 Å². The van der Waals surface area contributed by atoms with Crippen LogP contribution in [0.1, 0.15) is 30.7 Å². The Bertz CT molecular complexity index is 455. The number of rotatable bonds is 5. The van der Waals surface area contributed by atoms with E-state index in [1.807, 2.05) is 13.8 Å². The van der Waals surface area contributed by atoms with Gasteiger partial charge in [-0.3, -0.25) is 15.1 Å². The molecule has 0 aliphatic heterocycles. The summed E-state index contributed by atoms with van der Waals surface area (Å²) in [5.74, 6) is 1.43. The van der Waals surface area contributed by atoms with Crippen LogP contribution in [0, 0.1) is 24.0 Å². The Morgan fingerprint density at radius 3 is 2.61 bits per heavy atom. The number of aromatic nitrogens is 1. The molecule has 0 spiro atoms. The van der Waals surface area contributed by atoms with Crippen molar-refractivity contribution in [2.75, 3.05) is 5.75 Å². The fourth-order valence-electron chi connectivity index (χ4n) is 1.60. The molecule has 1 aromatic rings. The minimum atomic E-state index is -0.340. The van der Waals surface area contributed by atoms with Gasteiger partial charge in [0, 0.05) is 34.4 Å². The Hall–Kier alpha value is -1.14. The summed E-state index contributed by atoms with van der Waals surface area (Å²) in [6, 6.07) is 0. The highest BCUT2D eigenvalue weighted by atomic mass is 32.2. The highest BCUT2D eigenvalue weighted by molar-refractivity contribution is 7.98. The van der Waals surface area contributed by atoms with Crippen LogP contribution in [0.25, 0.3) is 0 Å². The molecule has 0 atom stereocenters. The summed E-state index contributed by atoms with van der Waals surface area (Å²) in [6.07, 6.45) is 1.56. The SMILES string of the molecule is Cc1cnc(CSCC(C)(C)N)c(C)c1[N+](=O)[O-]. The summed E-state index contributed by atoms with van der Waals surface area (Å²) < 4.78 is 0. The molecule has 6 heteroatoms. The van der Waals surface area contributed by atoms with E-state index in [0.717, 1.165) is 11.4 Å². The first-order chi connectivity index (χ1) is 8.22. The van der Waals surface area contributed by atoms with Crippen molar-refractivity contribution >= 4 is 17.4 Å². The van der Waals surface area contributed by atoms with Gasteiger partial charge in [0.1, 0.15) is 0 Å². The lowest BCUT2D eigenvalue weighted by molar-refractivity contribution is -0.386. The van der Waals surface area contributed by atoms with Crippen molar-refractivity contribution in [2.24, 2.45) is 5.73 Å². The number of nitrogens with zero attached hydrogens (tertiary/aromatic N) is 2. The van der Waals surface area contributed by atoms with E-state index in [2.05, 4.69) is 4.98 Å². The highest BCUT2D eigenvalue weighted by Crippen LogP contribution is 2.26. The van der Waals surface area contributed by atoms with Crippen LogP contribution < -0.4 is 5.73 Å². The molecule has 1 aromatic heterocycles. The third-order valence-corrected chi connectivity index (χ3v) is 3.90. The van der Waals surface area contributed by atoms with Gasteiger partial charge < -0.3 is 5.73 Å². The van der Waals surface area contributed by atoms with Gasteiger partial charge in [-0.25, -0.2) is 0 Å². The number of pyridine rings is 1. The Balaban J connectivity index is 2.85. The van der Waals surface area contributed by atoms with E-state index in [0.29, 0.717) is 16.9 Å². The monoisotopic (exact) mass is 269 g/mol. The molecule has 100 valence electrons. The molecule has 1 heterocycles. The molecule has 0 amide bonds. The average molecular weight is 269 g/mol. The number of nitro groups is 1. The van der Waals surface area contributed by atoms with Crippen LogP contribution in [0.2, 0.25) is 0 Å². The number of hydrogen-bond acceptors (Lipinski definition) is 5. The average Bonchev–Trinajstić information content (AvgIpc) is 2.19. The molecule has 18 heavy (non-hydrogen) atoms. The van der Waals surface area contributed by atoms with Crippen molar-refractivity contribution < 1.29 is 4.92 Å². The van der Waals surface area contributed by atoms with Gasteiger partial charge in [-0.1, -0.05) is 0 Å². The van der Waals surface area contributed by atoms with Crippen molar-refractivity contribution in [1.29, 1.82) is 0 Å². The zero-order valence-corrected chi connectivity index (χ0v) is 12.0. The van der Waals surface area contributed by atoms with E-state index < -0.39 is 0 Å². The van der Waals surface area contributed by atoms with Crippen molar-refractivity contribution in [2.45, 2.75) is 39.0 Å². The number of nitrogens with two attached hydrogens (primary N) is 1. The van der Waals surface area contributed by atoms with Gasteiger partial charge in [-0.2, -0.15) is 11.8 Å². The molecule has 0 aromatic carbocycles. The number of hydrogen-bond donors (Lipinski definition) is 1. The van der Waals surface area contributed by atoms with Crippen molar-refractivity contribution in [1.82, 2.24) is 4.98 Å². The first-order valence-corrected chi connectivity index (χ1v) is 6.84. The second-order valence-electron chi connectivity index (χ2n) is 5.10. The van der Waals surface area contributed by atoms with Crippen molar-refractivity contribution in [3.05, 3.63) is 33.1 Å². The highest BCUT2D eigenvalue weighted by Gasteiger charge is 2.19. The normalized spacial score (nSPS) is 11.6. The van der Waals surface area contributed by atoms with E-state index in [4.69, 9.17) is 5.73 Å². The van der Waals surface area contributed by atoms with Crippen LogP contribution in [0.5, 0.6) is 0 Å². The quantitative estimate of drug-likeness (QED) is 0.656. The maximum absolute atomic E-state index is 11.0. The third kappa shape index (κ3) is 3.96. The molecule has 2 N–H and O–H groups in total. The smallest absolute Gasteiger partial charge is 0.278 e. The maximum Gasteiger partial charge on any atom is 0.278 e. The lowest BCUT2D eigenvalue weighted by atomic mass is 10.1. The largest absolute Gasteiger partial charge is 0.325 e. The third-order valence-electron chi connectivity index (χ3n) is 2.47. The Kier molecular flexibility index (Phi) is 4.70. The standard InChI is InChI=1S/C12H19N3O2S/c1-8-5-14-10(6-18-7-12(3,4)13)9(2)11(8)15(16)17/h5H,6-7,13H2,1-4H3. The van der Waals surface area contributed by atoms with Gasteiger partial charge in [0.15, 0.2) is 0 Å². The van der Waals surface area contributed by atoms with Gasteiger partial charge in [0.2, 0.25) is 0 Å². The Morgan fingerprint density at radius 2 is 2.11 bits per heavy atom. The lowest BCUT2D eigenvalue weighted by Gasteiger charge is -2.17. The van der Waals surface area contributed by atoms with E-state index in [1.165, 1.54) is 0 Å². The number of aryl methyl sites for hydroxylation is 1. The molecule has 1 rings (SSSR count). The molecule has 0 aliphatic rings. The first kappa shape index (κ1) is 14.9. The van der Waals surface area contributed by atoms with Gasteiger partial charge in [-0.15, -0.1) is 0 Å². The second-order valence-corrected chi connectivity index (χ2v) is 6.09. The van der Waals surface area contributed by atoms with E-state index >= 15 is 0 Å². The molecule has 5 nitrogen and oxygen atoms in total. The van der Waals surface area contributed by atoms with Crippen LogP contribution in [0.4, 0.5) is 5.69 Å². The summed E-state index contributed by atoms with van der Waals surface area (Å²) in [5.41, 5.74) is 7.85. The molecule has 0 radical (unpaired) electrons. The Labute approximate surface area is 111 Å². The lowest BCUT2D eigenvalue weighted by Crippen LogP contribution is -2.34. The van der Waals surface area contributed by atoms with Crippen LogP contribution in [0.15, 0.2) is 6.20 Å². The fourth-order valence-corrected chi connectivity index (χ4v) is 2.71. The molecule has 0 unspecified atom stereocenters. The summed E-state index contributed by atoms with van der Waals surface area (Å²) in [4.78, 5) is 14.9. The van der Waals surface area contributed by atoms with E-state index in [9.17, 15) is 10.1 Å². The van der Waals surface area contributed by atoms with Gasteiger partial charge in [0.05, 0.1) is 10.6 Å². The van der Waals surface area contributed by atoms with E-state index in [-0.39, 0.29) is 16.1 Å². The zero-order chi connectivity index (χ0) is 13.9. The Morgan fingerprint density at radius 1 is 1.50 bits per heavy atom. The van der Waals surface area contributed by atoms with Gasteiger partial charge >= 0.3 is 0 Å². The van der Waals surface area contributed by atoms with Crippen LogP contribution in [-0.4, -0.2) is 21.2 Å². The van der Waals surface area contributed by atoms with Crippen molar-refractivity contribution in [3.8, 4) is 0 Å². The predicted octanol–water partition coefficient (Wildman–Crippen LogP) is 2.58. The van der Waals surface area contributed by atoms with Crippen LogP contribution >= 0.6 is 11.8 Å². The van der Waals surface area contributed by atoms with Crippen molar-refractivity contribution in [3.63, 3.8) is 0 Å². The fraction of sp³-hybridized carbons (Fsp3) is 0.583. The van der Waals surface area contributed by atoms with Crippen LogP contribution in [0.3, 0.4) is 0 Å². The van der Waals surface area contributed by atoms with Gasteiger partial charge in [0.25, 0.3) is 5.69 Å². The maximum atomic E-state index is 11.0. The number of thioether (sulfide) groups is 1. The summed E-state index contributed by atoms with van der Waals surface area (Å²) in [5, 5.41) is 11.0. The summed E-state index contributed by atoms with van der Waals surface area (Å²) in [7, 11) is 0. The molecular formula is C12H19N3O2S. The van der Waals surface area contributed by atoms with E-state index in [1.54, 1.807) is 31.8 Å². The van der Waals surface area contributed by atoms with Crippen LogP contribution in [-0.2, 0) is 5.75 Å². The molecule has 0 saturated heterocycles. The summed E-state index contributed by atoms with van der Waals surface area (Å²) in [6.45, 7) is 7.37. The molecular weight excluding hydrogens is 250 g/mol. The topological polar surface area (TPSA) is 82.0 Å². The first-order valence-electron chi connectivity index (χ1n) is 5.68. The molecule has 0 saturated carbocycles. The zero-order valence-electron chi connectivity index (χ0n) is 11.2. The molecule has 0 aliphatic carbocycles.